The van der Waals surface area contributed by atoms with Gasteiger partial charge in [-0.25, -0.2) is 9.48 Å². The highest BCUT2D eigenvalue weighted by Gasteiger charge is 2.21. The number of hydrogen-bond acceptors (Lipinski definition) is 5. The third kappa shape index (κ3) is 2.86. The second-order valence-corrected chi connectivity index (χ2v) is 6.10. The Morgan fingerprint density at radius 2 is 2.29 bits per heavy atom. The lowest BCUT2D eigenvalue weighted by atomic mass is 10.2. The molecule has 0 saturated heterocycles. The molecule has 6 nitrogen and oxygen atoms in total. The standard InChI is InChI=1S/C13H9BrN4O2S/c14-9-4-8(5-15-6-9)7-18-12(10-2-1-3-21-10)11(13(19)20)16-17-18/h1-6H,7H2,(H,19,20). The van der Waals surface area contributed by atoms with Gasteiger partial charge in [0.15, 0.2) is 5.69 Å². The van der Waals surface area contributed by atoms with E-state index in [1.54, 1.807) is 17.1 Å². The molecule has 0 atom stereocenters. The lowest BCUT2D eigenvalue weighted by molar-refractivity contribution is 0.0691. The lowest BCUT2D eigenvalue weighted by Gasteiger charge is -2.05. The fraction of sp³-hybridized carbons (Fsp3) is 0.0769. The zero-order chi connectivity index (χ0) is 14.8. The van der Waals surface area contributed by atoms with Crippen LogP contribution < -0.4 is 0 Å². The van der Waals surface area contributed by atoms with Crippen molar-refractivity contribution in [1.82, 2.24) is 20.0 Å². The Morgan fingerprint density at radius 1 is 1.43 bits per heavy atom. The summed E-state index contributed by atoms with van der Waals surface area (Å²) in [4.78, 5) is 16.2. The zero-order valence-corrected chi connectivity index (χ0v) is 13.0. The average molecular weight is 365 g/mol. The number of aromatic nitrogens is 4. The zero-order valence-electron chi connectivity index (χ0n) is 10.6. The maximum atomic E-state index is 11.3. The number of carboxylic acids is 1. The van der Waals surface area contributed by atoms with Crippen molar-refractivity contribution >= 4 is 33.2 Å². The van der Waals surface area contributed by atoms with E-state index in [1.165, 1.54) is 11.3 Å². The molecular weight excluding hydrogens is 356 g/mol. The summed E-state index contributed by atoms with van der Waals surface area (Å²) in [5.74, 6) is -1.09. The van der Waals surface area contributed by atoms with Crippen molar-refractivity contribution in [3.8, 4) is 10.6 Å². The number of carboxylic acid groups (broad SMARTS) is 1. The molecule has 0 aliphatic rings. The molecule has 3 rings (SSSR count). The summed E-state index contributed by atoms with van der Waals surface area (Å²) < 4.78 is 2.44. The first-order valence-corrected chi connectivity index (χ1v) is 7.62. The third-order valence-corrected chi connectivity index (χ3v) is 4.10. The SMILES string of the molecule is O=C(O)c1nnn(Cc2cncc(Br)c2)c1-c1cccs1. The normalized spacial score (nSPS) is 10.7. The number of pyridine rings is 1. The topological polar surface area (TPSA) is 80.9 Å². The van der Waals surface area contributed by atoms with Gasteiger partial charge in [0.05, 0.1) is 11.4 Å². The number of halogens is 1. The molecule has 1 N–H and O–H groups in total. The van der Waals surface area contributed by atoms with Gasteiger partial charge in [-0.1, -0.05) is 11.3 Å². The average Bonchev–Trinajstić information content (AvgIpc) is 3.06. The highest BCUT2D eigenvalue weighted by atomic mass is 79.9. The van der Waals surface area contributed by atoms with Gasteiger partial charge in [-0.15, -0.1) is 16.4 Å². The van der Waals surface area contributed by atoms with Crippen LogP contribution >= 0.6 is 27.3 Å². The number of aromatic carboxylic acids is 1. The Balaban J connectivity index is 2.05. The molecule has 0 amide bonds. The molecule has 0 aromatic carbocycles. The van der Waals surface area contributed by atoms with E-state index in [0.717, 1.165) is 14.9 Å². The minimum absolute atomic E-state index is 0.0413. The monoisotopic (exact) mass is 364 g/mol. The van der Waals surface area contributed by atoms with Crippen molar-refractivity contribution in [1.29, 1.82) is 0 Å². The summed E-state index contributed by atoms with van der Waals surface area (Å²) >= 11 is 4.81. The van der Waals surface area contributed by atoms with Gasteiger partial charge in [-0.2, -0.15) is 0 Å². The van der Waals surface area contributed by atoms with Crippen molar-refractivity contribution in [2.24, 2.45) is 0 Å². The molecule has 0 fully saturated rings. The third-order valence-electron chi connectivity index (χ3n) is 2.79. The Hall–Kier alpha value is -2.06. The Kier molecular flexibility index (Phi) is 3.80. The van der Waals surface area contributed by atoms with Gasteiger partial charge in [-0.05, 0) is 39.0 Å². The Labute approximate surface area is 132 Å². The summed E-state index contributed by atoms with van der Waals surface area (Å²) in [6.07, 6.45) is 3.40. The second-order valence-electron chi connectivity index (χ2n) is 4.24. The van der Waals surface area contributed by atoms with E-state index in [9.17, 15) is 9.90 Å². The number of thiophene rings is 1. The molecule has 3 aromatic heterocycles. The molecule has 3 heterocycles. The first-order valence-electron chi connectivity index (χ1n) is 5.95. The number of rotatable bonds is 4. The predicted octanol–water partition coefficient (Wildman–Crippen LogP) is 2.91. The first kappa shape index (κ1) is 13.9. The van der Waals surface area contributed by atoms with E-state index >= 15 is 0 Å². The highest BCUT2D eigenvalue weighted by molar-refractivity contribution is 9.10. The maximum absolute atomic E-state index is 11.3. The molecule has 0 spiro atoms. The van der Waals surface area contributed by atoms with E-state index in [4.69, 9.17) is 0 Å². The molecule has 0 radical (unpaired) electrons. The van der Waals surface area contributed by atoms with Gasteiger partial charge < -0.3 is 5.11 Å². The molecule has 106 valence electrons. The van der Waals surface area contributed by atoms with E-state index in [1.807, 2.05) is 23.6 Å². The van der Waals surface area contributed by atoms with Gasteiger partial charge >= 0.3 is 5.97 Å². The van der Waals surface area contributed by atoms with Crippen LogP contribution in [0.4, 0.5) is 0 Å². The molecule has 0 aliphatic heterocycles. The summed E-state index contributed by atoms with van der Waals surface area (Å²) in [5, 5.41) is 18.9. The molecule has 0 unspecified atom stereocenters. The maximum Gasteiger partial charge on any atom is 0.358 e. The largest absolute Gasteiger partial charge is 0.476 e. The van der Waals surface area contributed by atoms with Crippen LogP contribution in [-0.2, 0) is 6.54 Å². The highest BCUT2D eigenvalue weighted by Crippen LogP contribution is 2.27. The Bertz CT molecular complexity index is 785. The van der Waals surface area contributed by atoms with Gasteiger partial charge in [0, 0.05) is 16.9 Å². The molecule has 0 bridgehead atoms. The summed E-state index contributed by atoms with van der Waals surface area (Å²) in [6.45, 7) is 0.403. The lowest BCUT2D eigenvalue weighted by Crippen LogP contribution is -2.05. The minimum atomic E-state index is -1.09. The van der Waals surface area contributed by atoms with Crippen molar-refractivity contribution < 1.29 is 9.90 Å². The summed E-state index contributed by atoms with van der Waals surface area (Å²) in [6, 6.07) is 5.63. The van der Waals surface area contributed by atoms with Crippen LogP contribution in [0.3, 0.4) is 0 Å². The van der Waals surface area contributed by atoms with Crippen LogP contribution in [-0.4, -0.2) is 31.1 Å². The van der Waals surface area contributed by atoms with Crippen molar-refractivity contribution in [3.63, 3.8) is 0 Å². The van der Waals surface area contributed by atoms with Crippen LogP contribution in [0.5, 0.6) is 0 Å². The van der Waals surface area contributed by atoms with Gasteiger partial charge in [0.1, 0.15) is 5.69 Å². The van der Waals surface area contributed by atoms with Crippen LogP contribution in [0.2, 0.25) is 0 Å². The minimum Gasteiger partial charge on any atom is -0.476 e. The second kappa shape index (κ2) is 5.74. The van der Waals surface area contributed by atoms with E-state index in [-0.39, 0.29) is 5.69 Å². The summed E-state index contributed by atoms with van der Waals surface area (Å²) in [5.41, 5.74) is 1.38. The smallest absolute Gasteiger partial charge is 0.358 e. The molecule has 8 heteroatoms. The van der Waals surface area contributed by atoms with Crippen molar-refractivity contribution in [2.45, 2.75) is 6.54 Å². The molecule has 0 saturated carbocycles. The van der Waals surface area contributed by atoms with Crippen LogP contribution in [0.25, 0.3) is 10.6 Å². The fourth-order valence-corrected chi connectivity index (χ4v) is 3.13. The van der Waals surface area contributed by atoms with Gasteiger partial charge in [0.25, 0.3) is 0 Å². The number of nitrogens with zero attached hydrogens (tertiary/aromatic N) is 4. The quantitative estimate of drug-likeness (QED) is 0.769. The van der Waals surface area contributed by atoms with E-state index < -0.39 is 5.97 Å². The van der Waals surface area contributed by atoms with Gasteiger partial charge in [-0.3, -0.25) is 4.98 Å². The van der Waals surface area contributed by atoms with Gasteiger partial charge in [0.2, 0.25) is 0 Å². The van der Waals surface area contributed by atoms with Crippen molar-refractivity contribution in [3.05, 3.63) is 51.7 Å². The molecule has 21 heavy (non-hydrogen) atoms. The summed E-state index contributed by atoms with van der Waals surface area (Å²) in [7, 11) is 0. The number of carbonyl (C=O) groups is 1. The van der Waals surface area contributed by atoms with E-state index in [2.05, 4.69) is 31.2 Å². The molecule has 0 aliphatic carbocycles. The Morgan fingerprint density at radius 3 is 2.95 bits per heavy atom. The first-order chi connectivity index (χ1) is 10.1. The van der Waals surface area contributed by atoms with Crippen LogP contribution in [0.1, 0.15) is 16.1 Å². The predicted molar refractivity (Wildman–Crippen MR) is 81.3 cm³/mol. The number of hydrogen-bond donors (Lipinski definition) is 1. The molecule has 3 aromatic rings. The van der Waals surface area contributed by atoms with Crippen molar-refractivity contribution in [2.75, 3.05) is 0 Å². The van der Waals surface area contributed by atoms with Crippen LogP contribution in [0, 0.1) is 0 Å². The molecular formula is C13H9BrN4O2S. The van der Waals surface area contributed by atoms with E-state index in [0.29, 0.717) is 12.2 Å². The van der Waals surface area contributed by atoms with Crippen LogP contribution in [0.15, 0.2) is 40.4 Å². The fourth-order valence-electron chi connectivity index (χ4n) is 1.94.